The van der Waals surface area contributed by atoms with E-state index in [0.717, 1.165) is 11.1 Å². The summed E-state index contributed by atoms with van der Waals surface area (Å²) in [5.41, 5.74) is 6.84. The standard InChI is InChI=1S/C23H29N3O6/c1-3-5-18(4-2)32-15-17-8-6-16(7-9-17)10-12-21(28)26-19(11-13-22(29)30)23(31)25-14-20(24)27/h3-9,19H,1-2,10-15H2,(H2,24,27)(H,25,31)(H,26,28)(H,29,30)/b18-5+/t19-/m0/s1. The molecule has 0 radical (unpaired) electrons. The van der Waals surface area contributed by atoms with E-state index < -0.39 is 36.3 Å². The predicted molar refractivity (Wildman–Crippen MR) is 119 cm³/mol. The molecule has 5 N–H and O–H groups in total. The Labute approximate surface area is 187 Å². The third-order valence-corrected chi connectivity index (χ3v) is 4.29. The number of hydrogen-bond donors (Lipinski definition) is 4. The summed E-state index contributed by atoms with van der Waals surface area (Å²) in [5, 5.41) is 13.6. The van der Waals surface area contributed by atoms with Crippen molar-refractivity contribution in [2.75, 3.05) is 6.54 Å². The molecule has 1 aromatic carbocycles. The van der Waals surface area contributed by atoms with Crippen molar-refractivity contribution in [3.63, 3.8) is 0 Å². The van der Waals surface area contributed by atoms with Crippen LogP contribution in [-0.2, 0) is 36.9 Å². The molecular formula is C23H29N3O6. The van der Waals surface area contributed by atoms with Crippen LogP contribution in [0.2, 0.25) is 0 Å². The minimum atomic E-state index is -1.10. The second-order valence-corrected chi connectivity index (χ2v) is 6.85. The molecule has 9 heteroatoms. The summed E-state index contributed by atoms with van der Waals surface area (Å²) in [5.74, 6) is -2.30. The topological polar surface area (TPSA) is 148 Å². The first-order valence-corrected chi connectivity index (χ1v) is 9.98. The van der Waals surface area contributed by atoms with Gasteiger partial charge in [-0.15, -0.1) is 0 Å². The van der Waals surface area contributed by atoms with Crippen LogP contribution in [0.25, 0.3) is 0 Å². The quantitative estimate of drug-likeness (QED) is 0.238. The zero-order valence-corrected chi connectivity index (χ0v) is 17.8. The van der Waals surface area contributed by atoms with E-state index in [2.05, 4.69) is 23.8 Å². The number of carbonyl (C=O) groups excluding carboxylic acids is 3. The molecule has 0 spiro atoms. The summed E-state index contributed by atoms with van der Waals surface area (Å²) in [6, 6.07) is 6.44. The Morgan fingerprint density at radius 3 is 2.31 bits per heavy atom. The lowest BCUT2D eigenvalue weighted by molar-refractivity contribution is -0.138. The lowest BCUT2D eigenvalue weighted by Gasteiger charge is -2.17. The number of amides is 3. The van der Waals surface area contributed by atoms with Crippen molar-refractivity contribution < 1.29 is 29.0 Å². The van der Waals surface area contributed by atoms with Crippen LogP contribution in [0, 0.1) is 0 Å². The third kappa shape index (κ3) is 10.8. The fraction of sp³-hybridized carbons (Fsp3) is 0.304. The van der Waals surface area contributed by atoms with Crippen LogP contribution >= 0.6 is 0 Å². The molecule has 1 atom stereocenters. The second kappa shape index (κ2) is 14.2. The highest BCUT2D eigenvalue weighted by Crippen LogP contribution is 2.11. The number of carboxylic acids is 1. The number of hydrogen-bond acceptors (Lipinski definition) is 5. The molecule has 3 amide bonds. The molecule has 172 valence electrons. The molecule has 0 saturated carbocycles. The van der Waals surface area contributed by atoms with Crippen molar-refractivity contribution >= 4 is 23.7 Å². The van der Waals surface area contributed by atoms with Gasteiger partial charge in [-0.2, -0.15) is 0 Å². The maximum Gasteiger partial charge on any atom is 0.303 e. The van der Waals surface area contributed by atoms with Gasteiger partial charge >= 0.3 is 5.97 Å². The zero-order valence-electron chi connectivity index (χ0n) is 17.8. The monoisotopic (exact) mass is 443 g/mol. The molecule has 0 aliphatic carbocycles. The Morgan fingerprint density at radius 2 is 1.75 bits per heavy atom. The number of nitrogens with two attached hydrogens (primary N) is 1. The Bertz CT molecular complexity index is 861. The molecule has 1 aromatic rings. The number of nitrogens with one attached hydrogen (secondary N) is 2. The largest absolute Gasteiger partial charge is 0.489 e. The molecule has 0 bridgehead atoms. The fourth-order valence-electron chi connectivity index (χ4n) is 2.62. The van der Waals surface area contributed by atoms with Gasteiger partial charge in [-0.1, -0.05) is 43.5 Å². The predicted octanol–water partition coefficient (Wildman–Crippen LogP) is 1.34. The molecule has 1 rings (SSSR count). The van der Waals surface area contributed by atoms with Gasteiger partial charge in [0.15, 0.2) is 0 Å². The molecular weight excluding hydrogens is 414 g/mol. The van der Waals surface area contributed by atoms with E-state index in [-0.39, 0.29) is 19.3 Å². The zero-order chi connectivity index (χ0) is 23.9. The van der Waals surface area contributed by atoms with Crippen molar-refractivity contribution in [2.24, 2.45) is 5.73 Å². The number of primary amides is 1. The van der Waals surface area contributed by atoms with Crippen molar-refractivity contribution in [3.8, 4) is 0 Å². The average Bonchev–Trinajstić information content (AvgIpc) is 2.76. The maximum absolute atomic E-state index is 12.3. The molecule has 32 heavy (non-hydrogen) atoms. The van der Waals surface area contributed by atoms with Crippen LogP contribution in [0.1, 0.15) is 30.4 Å². The van der Waals surface area contributed by atoms with E-state index in [1.165, 1.54) is 0 Å². The summed E-state index contributed by atoms with van der Waals surface area (Å²) in [6.07, 6.45) is 5.02. The smallest absolute Gasteiger partial charge is 0.303 e. The number of ether oxygens (including phenoxy) is 1. The molecule has 0 aliphatic rings. The molecule has 0 saturated heterocycles. The molecule has 0 aliphatic heterocycles. The first-order valence-electron chi connectivity index (χ1n) is 9.98. The van der Waals surface area contributed by atoms with Crippen LogP contribution in [0.4, 0.5) is 0 Å². The van der Waals surface area contributed by atoms with Gasteiger partial charge in [0.1, 0.15) is 18.4 Å². The first-order chi connectivity index (χ1) is 15.2. The Balaban J connectivity index is 2.58. The number of aliphatic carboxylic acids is 1. The SMILES string of the molecule is C=C/C=C(\C=C)OCc1ccc(CCC(=O)N[C@@H](CCC(=O)O)C(=O)NCC(N)=O)cc1. The summed E-state index contributed by atoms with van der Waals surface area (Å²) in [4.78, 5) is 46.0. The summed E-state index contributed by atoms with van der Waals surface area (Å²) in [6.45, 7) is 7.23. The lowest BCUT2D eigenvalue weighted by atomic mass is 10.1. The molecule has 9 nitrogen and oxygen atoms in total. The van der Waals surface area contributed by atoms with Gasteiger partial charge in [0.05, 0.1) is 6.54 Å². The summed E-state index contributed by atoms with van der Waals surface area (Å²) >= 11 is 0. The average molecular weight is 444 g/mol. The van der Waals surface area contributed by atoms with Crippen molar-refractivity contribution in [3.05, 3.63) is 72.5 Å². The van der Waals surface area contributed by atoms with E-state index >= 15 is 0 Å². The van der Waals surface area contributed by atoms with Gasteiger partial charge in [0, 0.05) is 12.8 Å². The highest BCUT2D eigenvalue weighted by atomic mass is 16.5. The number of benzene rings is 1. The fourth-order valence-corrected chi connectivity index (χ4v) is 2.62. The second-order valence-electron chi connectivity index (χ2n) is 6.85. The van der Waals surface area contributed by atoms with Gasteiger partial charge < -0.3 is 26.2 Å². The maximum atomic E-state index is 12.3. The van der Waals surface area contributed by atoms with Gasteiger partial charge in [0.2, 0.25) is 17.7 Å². The van der Waals surface area contributed by atoms with Crippen LogP contribution in [0.15, 0.2) is 61.4 Å². The van der Waals surface area contributed by atoms with Crippen molar-refractivity contribution in [2.45, 2.75) is 38.3 Å². The van der Waals surface area contributed by atoms with Gasteiger partial charge in [-0.05, 0) is 36.1 Å². The molecule has 0 fully saturated rings. The van der Waals surface area contributed by atoms with Crippen LogP contribution < -0.4 is 16.4 Å². The van der Waals surface area contributed by atoms with Gasteiger partial charge in [-0.25, -0.2) is 0 Å². The normalized spacial score (nSPS) is 11.7. The van der Waals surface area contributed by atoms with E-state index in [1.807, 2.05) is 24.3 Å². The number of carboxylic acid groups (broad SMARTS) is 1. The first kappa shape index (κ1) is 26.2. The molecule has 0 unspecified atom stereocenters. The van der Waals surface area contributed by atoms with Crippen molar-refractivity contribution in [1.29, 1.82) is 0 Å². The van der Waals surface area contributed by atoms with E-state index in [1.54, 1.807) is 18.2 Å². The van der Waals surface area contributed by atoms with Gasteiger partial charge in [-0.3, -0.25) is 19.2 Å². The van der Waals surface area contributed by atoms with Crippen molar-refractivity contribution in [1.82, 2.24) is 10.6 Å². The van der Waals surface area contributed by atoms with E-state index in [4.69, 9.17) is 15.6 Å². The van der Waals surface area contributed by atoms with Crippen LogP contribution in [0.5, 0.6) is 0 Å². The molecule has 0 heterocycles. The number of allylic oxidation sites excluding steroid dienone is 3. The van der Waals surface area contributed by atoms with Crippen LogP contribution in [-0.4, -0.2) is 41.4 Å². The third-order valence-electron chi connectivity index (χ3n) is 4.29. The van der Waals surface area contributed by atoms with E-state index in [0.29, 0.717) is 18.8 Å². The van der Waals surface area contributed by atoms with Gasteiger partial charge in [0.25, 0.3) is 0 Å². The summed E-state index contributed by atoms with van der Waals surface area (Å²) < 4.78 is 5.60. The highest BCUT2D eigenvalue weighted by Gasteiger charge is 2.21. The molecule has 0 aromatic heterocycles. The Kier molecular flexibility index (Phi) is 11.6. The Hall–Kier alpha value is -3.88. The number of carbonyl (C=O) groups is 4. The van der Waals surface area contributed by atoms with Crippen LogP contribution in [0.3, 0.4) is 0 Å². The number of aryl methyl sites for hydroxylation is 1. The minimum Gasteiger partial charge on any atom is -0.489 e. The minimum absolute atomic E-state index is 0.102. The lowest BCUT2D eigenvalue weighted by Crippen LogP contribution is -2.48. The Morgan fingerprint density at radius 1 is 1.09 bits per heavy atom. The highest BCUT2D eigenvalue weighted by molar-refractivity contribution is 5.90. The van der Waals surface area contributed by atoms with E-state index in [9.17, 15) is 19.2 Å². The summed E-state index contributed by atoms with van der Waals surface area (Å²) in [7, 11) is 0. The number of rotatable bonds is 15.